The number of ether oxygens (including phenoxy) is 2. The van der Waals surface area contributed by atoms with Gasteiger partial charge in [-0.15, -0.1) is 0 Å². The van der Waals surface area contributed by atoms with Crippen LogP contribution in [0.15, 0.2) is 140 Å². The van der Waals surface area contributed by atoms with E-state index in [9.17, 15) is 0 Å². The molecule has 0 bridgehead atoms. The van der Waals surface area contributed by atoms with Crippen molar-refractivity contribution in [2.75, 3.05) is 14.2 Å². The number of benzene rings is 6. The highest BCUT2D eigenvalue weighted by Gasteiger charge is 2.10. The lowest BCUT2D eigenvalue weighted by atomic mass is 9.91. The molecule has 6 rings (SSSR count). The minimum Gasteiger partial charge on any atom is -0.496 e. The maximum atomic E-state index is 5.80. The predicted octanol–water partition coefficient (Wildman–Crippen LogP) is 13.0. The third-order valence-electron chi connectivity index (χ3n) is 9.34. The summed E-state index contributed by atoms with van der Waals surface area (Å²) in [6.45, 7) is 8.45. The predicted molar refractivity (Wildman–Crippen MR) is 224 cm³/mol. The number of aryl methyl sites for hydroxylation is 3. The van der Waals surface area contributed by atoms with Gasteiger partial charge in [0.25, 0.3) is 0 Å². The summed E-state index contributed by atoms with van der Waals surface area (Å²) in [4.78, 5) is 0. The first kappa shape index (κ1) is 35.7. The molecule has 0 saturated carbocycles. The molecule has 0 amide bonds. The monoisotopic (exact) mass is 678 g/mol. The Balaban J connectivity index is 1.25. The second-order valence-corrected chi connectivity index (χ2v) is 13.1. The van der Waals surface area contributed by atoms with Crippen molar-refractivity contribution in [2.24, 2.45) is 0 Å². The van der Waals surface area contributed by atoms with E-state index in [0.717, 1.165) is 39.3 Å². The molecular weight excluding hydrogens is 633 g/mol. The van der Waals surface area contributed by atoms with Crippen molar-refractivity contribution in [3.05, 3.63) is 206 Å². The van der Waals surface area contributed by atoms with Crippen molar-refractivity contribution in [2.45, 2.75) is 27.7 Å². The van der Waals surface area contributed by atoms with E-state index in [-0.39, 0.29) is 0 Å². The third kappa shape index (κ3) is 8.78. The van der Waals surface area contributed by atoms with Crippen LogP contribution in [0.5, 0.6) is 11.5 Å². The van der Waals surface area contributed by atoms with Crippen LogP contribution in [0.25, 0.3) is 41.5 Å². The Bertz CT molecular complexity index is 2230. The maximum absolute atomic E-state index is 5.80. The van der Waals surface area contributed by atoms with Gasteiger partial charge in [-0.05, 0) is 96.0 Å². The van der Waals surface area contributed by atoms with Crippen LogP contribution in [-0.2, 0) is 0 Å². The Morgan fingerprint density at radius 2 is 0.731 bits per heavy atom. The normalized spacial score (nSPS) is 12.1. The molecule has 0 N–H and O–H groups in total. The first-order valence-corrected chi connectivity index (χ1v) is 17.8. The molecule has 0 aliphatic carbocycles. The van der Waals surface area contributed by atoms with Crippen LogP contribution in [0.1, 0.15) is 73.7 Å². The molecule has 0 aliphatic rings. The summed E-state index contributed by atoms with van der Waals surface area (Å²) < 4.78 is 11.6. The van der Waals surface area contributed by atoms with Crippen LogP contribution in [0.3, 0.4) is 0 Å². The van der Waals surface area contributed by atoms with Gasteiger partial charge in [-0.2, -0.15) is 0 Å². The van der Waals surface area contributed by atoms with E-state index in [4.69, 9.17) is 9.47 Å². The lowest BCUT2D eigenvalue weighted by Crippen LogP contribution is -1.93. The highest BCUT2D eigenvalue weighted by molar-refractivity contribution is 5.92. The number of hydrogen-bond acceptors (Lipinski definition) is 2. The number of methoxy groups -OCH3 is 2. The number of rotatable bonds is 11. The summed E-state index contributed by atoms with van der Waals surface area (Å²) in [6.07, 6.45) is 12.8. The quantitative estimate of drug-likeness (QED) is 0.127. The van der Waals surface area contributed by atoms with Crippen LogP contribution >= 0.6 is 0 Å². The van der Waals surface area contributed by atoms with Crippen molar-refractivity contribution in [3.63, 3.8) is 0 Å². The summed E-state index contributed by atoms with van der Waals surface area (Å²) >= 11 is 0. The van der Waals surface area contributed by atoms with Gasteiger partial charge in [-0.1, -0.05) is 168 Å². The summed E-state index contributed by atoms with van der Waals surface area (Å²) in [5, 5.41) is 0. The van der Waals surface area contributed by atoms with E-state index >= 15 is 0 Å². The fourth-order valence-corrected chi connectivity index (χ4v) is 6.25. The number of allylic oxidation sites excluding steroid dienone is 1. The van der Waals surface area contributed by atoms with Crippen molar-refractivity contribution in [3.8, 4) is 11.5 Å². The van der Waals surface area contributed by atoms with Crippen molar-refractivity contribution < 1.29 is 9.47 Å². The Labute approximate surface area is 309 Å². The molecule has 52 heavy (non-hydrogen) atoms. The minimum absolute atomic E-state index is 0.786. The van der Waals surface area contributed by atoms with Gasteiger partial charge in [0.15, 0.2) is 0 Å². The van der Waals surface area contributed by atoms with Crippen LogP contribution < -0.4 is 9.47 Å². The Morgan fingerprint density at radius 1 is 0.404 bits per heavy atom. The highest BCUT2D eigenvalue weighted by atomic mass is 16.5. The van der Waals surface area contributed by atoms with E-state index in [1.165, 1.54) is 50.1 Å². The second-order valence-electron chi connectivity index (χ2n) is 13.1. The molecule has 258 valence electrons. The standard InChI is InChI=1S/C50H46O2/c1-7-47(41-22-10-36(3)11-23-41)42-28-30-44(31-29-42)48(43-24-12-37(4)13-25-43)32-40-18-16-39(17-19-40)21-27-46-34-49(51-5)45(33-50(46)52-6)26-20-38-14-8-35(2)9-15-38/h7-34H,1-6H3/b26-20+,27-21+,47-7+,48-32+. The van der Waals surface area contributed by atoms with Gasteiger partial charge in [-0.25, -0.2) is 0 Å². The van der Waals surface area contributed by atoms with Crippen molar-refractivity contribution >= 4 is 41.5 Å². The van der Waals surface area contributed by atoms with Gasteiger partial charge >= 0.3 is 0 Å². The molecule has 0 atom stereocenters. The first-order valence-electron chi connectivity index (χ1n) is 17.8. The SMILES string of the molecule is C/C=C(\c1ccc(C)cc1)c1ccc(/C(=C/c2ccc(/C=C/c3cc(OC)c(/C=C/c4ccc(C)cc4)cc3OC)cc2)c2ccc(C)cc2)cc1. The van der Waals surface area contributed by atoms with Crippen LogP contribution in [-0.4, -0.2) is 14.2 Å². The van der Waals surface area contributed by atoms with Gasteiger partial charge in [0.1, 0.15) is 11.5 Å². The number of hydrogen-bond donors (Lipinski definition) is 0. The average molecular weight is 679 g/mol. The van der Waals surface area contributed by atoms with Crippen LogP contribution in [0.2, 0.25) is 0 Å². The van der Waals surface area contributed by atoms with Gasteiger partial charge in [0.2, 0.25) is 0 Å². The van der Waals surface area contributed by atoms with E-state index in [2.05, 4.69) is 185 Å². The topological polar surface area (TPSA) is 18.5 Å². The Hall–Kier alpha value is -6.12. The lowest BCUT2D eigenvalue weighted by molar-refractivity contribution is 0.401. The molecule has 0 spiro atoms. The maximum Gasteiger partial charge on any atom is 0.126 e. The molecular formula is C50H46O2. The summed E-state index contributed by atoms with van der Waals surface area (Å²) in [5.74, 6) is 1.58. The Morgan fingerprint density at radius 3 is 1.12 bits per heavy atom. The molecule has 0 aliphatic heterocycles. The molecule has 2 nitrogen and oxygen atoms in total. The molecule has 0 unspecified atom stereocenters. The molecule has 0 radical (unpaired) electrons. The average Bonchev–Trinajstić information content (AvgIpc) is 3.18. The van der Waals surface area contributed by atoms with Gasteiger partial charge in [0.05, 0.1) is 14.2 Å². The molecule has 0 saturated heterocycles. The molecule has 2 heteroatoms. The van der Waals surface area contributed by atoms with Crippen molar-refractivity contribution in [1.82, 2.24) is 0 Å². The van der Waals surface area contributed by atoms with Gasteiger partial charge < -0.3 is 9.47 Å². The smallest absolute Gasteiger partial charge is 0.126 e. The summed E-state index contributed by atoms with van der Waals surface area (Å²) in [5.41, 5.74) is 16.2. The molecule has 0 heterocycles. The molecule has 0 aromatic heterocycles. The minimum atomic E-state index is 0.786. The summed E-state index contributed by atoms with van der Waals surface area (Å²) in [6, 6.07) is 47.6. The second kappa shape index (κ2) is 16.7. The van der Waals surface area contributed by atoms with Gasteiger partial charge in [0, 0.05) is 11.1 Å². The molecule has 6 aromatic rings. The largest absolute Gasteiger partial charge is 0.496 e. The van der Waals surface area contributed by atoms with Gasteiger partial charge in [-0.3, -0.25) is 0 Å². The summed E-state index contributed by atoms with van der Waals surface area (Å²) in [7, 11) is 3.41. The van der Waals surface area contributed by atoms with E-state index in [0.29, 0.717) is 0 Å². The lowest BCUT2D eigenvalue weighted by Gasteiger charge is -2.13. The fraction of sp³-hybridized carbons (Fsp3) is 0.120. The molecule has 6 aromatic carbocycles. The van der Waals surface area contributed by atoms with E-state index < -0.39 is 0 Å². The van der Waals surface area contributed by atoms with E-state index in [1.807, 2.05) is 12.1 Å². The first-order chi connectivity index (χ1) is 25.3. The zero-order chi connectivity index (χ0) is 36.5. The zero-order valence-corrected chi connectivity index (χ0v) is 31.0. The third-order valence-corrected chi connectivity index (χ3v) is 9.34. The van der Waals surface area contributed by atoms with Crippen LogP contribution in [0.4, 0.5) is 0 Å². The van der Waals surface area contributed by atoms with Crippen molar-refractivity contribution in [1.29, 1.82) is 0 Å². The van der Waals surface area contributed by atoms with Crippen LogP contribution in [0, 0.1) is 20.8 Å². The highest BCUT2D eigenvalue weighted by Crippen LogP contribution is 2.33. The van der Waals surface area contributed by atoms with E-state index in [1.54, 1.807) is 14.2 Å². The Kier molecular flexibility index (Phi) is 11.5. The zero-order valence-electron chi connectivity index (χ0n) is 31.0. The fourth-order valence-electron chi connectivity index (χ4n) is 6.25. The molecule has 0 fully saturated rings.